The fraction of sp³-hybridized carbons (Fsp3) is 0. The minimum Gasteiger partial charge on any atom is -0.208 e. The van der Waals surface area contributed by atoms with Crippen LogP contribution in [0.1, 0.15) is 0 Å². The zero-order valence-electron chi connectivity index (χ0n) is 30.6. The minimum atomic E-state index is 0.643. The number of nitrogens with zero attached hydrogens (tertiary/aromatic N) is 3. The Hall–Kier alpha value is -7.27. The first-order valence-corrected chi connectivity index (χ1v) is 20.1. The normalized spacial score (nSPS) is 11.9. The van der Waals surface area contributed by atoms with Crippen molar-refractivity contribution in [3.05, 3.63) is 188 Å². The Morgan fingerprint density at radius 3 is 1.51 bits per heavy atom. The second-order valence-corrected chi connectivity index (χ2v) is 15.8. The van der Waals surface area contributed by atoms with Gasteiger partial charge in [0.25, 0.3) is 0 Å². The average Bonchev–Trinajstić information content (AvgIpc) is 3.64. The second-order valence-electron chi connectivity index (χ2n) is 14.7. The average molecular weight is 742 g/mol. The van der Waals surface area contributed by atoms with Crippen molar-refractivity contribution < 1.29 is 0 Å². The lowest BCUT2D eigenvalue weighted by Crippen LogP contribution is -2.01. The minimum absolute atomic E-state index is 0.643. The number of fused-ring (bicyclic) bond motifs is 11. The summed E-state index contributed by atoms with van der Waals surface area (Å²) in [6.45, 7) is 0. The SMILES string of the molecule is c1ccc(-c2nc(-c3ccc(-c4ccc5ccccc5c4)cc3)nc(-c3c4c(cc5c6ccccc6c6ccccc6c35)sc3cc5ccccc5cc34)n2)cc1. The molecule has 0 aliphatic rings. The molecule has 0 unspecified atom stereocenters. The van der Waals surface area contributed by atoms with Gasteiger partial charge in [0.1, 0.15) is 0 Å². The highest BCUT2D eigenvalue weighted by Crippen LogP contribution is 2.49. The zero-order chi connectivity index (χ0) is 37.5. The van der Waals surface area contributed by atoms with Gasteiger partial charge in [0.2, 0.25) is 0 Å². The van der Waals surface area contributed by atoms with Crippen molar-refractivity contribution in [3.8, 4) is 45.3 Å². The quantitative estimate of drug-likeness (QED) is 0.169. The van der Waals surface area contributed by atoms with Gasteiger partial charge in [0.05, 0.1) is 0 Å². The molecule has 264 valence electrons. The van der Waals surface area contributed by atoms with Gasteiger partial charge in [-0.15, -0.1) is 11.3 Å². The molecule has 0 amide bonds. The van der Waals surface area contributed by atoms with Crippen LogP contribution in [0.2, 0.25) is 0 Å². The summed E-state index contributed by atoms with van der Waals surface area (Å²) < 4.78 is 2.46. The van der Waals surface area contributed by atoms with E-state index in [1.165, 1.54) is 74.2 Å². The monoisotopic (exact) mass is 741 g/mol. The van der Waals surface area contributed by atoms with Crippen molar-refractivity contribution in [3.63, 3.8) is 0 Å². The zero-order valence-corrected chi connectivity index (χ0v) is 31.5. The summed E-state index contributed by atoms with van der Waals surface area (Å²) in [5, 5.41) is 14.5. The van der Waals surface area contributed by atoms with Crippen molar-refractivity contribution in [1.29, 1.82) is 0 Å². The van der Waals surface area contributed by atoms with E-state index in [2.05, 4.69) is 170 Å². The summed E-state index contributed by atoms with van der Waals surface area (Å²) >= 11 is 1.84. The Morgan fingerprint density at radius 2 is 0.789 bits per heavy atom. The second kappa shape index (κ2) is 12.6. The van der Waals surface area contributed by atoms with Crippen LogP contribution in [0, 0.1) is 0 Å². The van der Waals surface area contributed by atoms with Crippen LogP contribution < -0.4 is 0 Å². The van der Waals surface area contributed by atoms with Crippen molar-refractivity contribution in [2.45, 2.75) is 0 Å². The lowest BCUT2D eigenvalue weighted by Gasteiger charge is -2.16. The highest BCUT2D eigenvalue weighted by atomic mass is 32.1. The lowest BCUT2D eigenvalue weighted by atomic mass is 9.89. The Bertz CT molecular complexity index is 3570. The van der Waals surface area contributed by atoms with Crippen LogP contribution in [0.3, 0.4) is 0 Å². The third-order valence-electron chi connectivity index (χ3n) is 11.4. The van der Waals surface area contributed by atoms with Crippen LogP contribution in [0.4, 0.5) is 0 Å². The number of thiophene rings is 1. The fourth-order valence-corrected chi connectivity index (χ4v) is 9.93. The Morgan fingerprint density at radius 1 is 0.281 bits per heavy atom. The van der Waals surface area contributed by atoms with Crippen LogP contribution in [0.25, 0.3) is 119 Å². The van der Waals surface area contributed by atoms with Crippen LogP contribution >= 0.6 is 11.3 Å². The molecule has 0 aliphatic carbocycles. The first kappa shape index (κ1) is 32.0. The topological polar surface area (TPSA) is 38.7 Å². The number of hydrogen-bond donors (Lipinski definition) is 0. The van der Waals surface area contributed by atoms with E-state index in [1.807, 2.05) is 29.5 Å². The number of rotatable bonds is 4. The van der Waals surface area contributed by atoms with E-state index in [0.717, 1.165) is 27.6 Å². The van der Waals surface area contributed by atoms with Gasteiger partial charge in [0.15, 0.2) is 17.5 Å². The molecule has 10 aromatic carbocycles. The largest absolute Gasteiger partial charge is 0.208 e. The number of benzene rings is 10. The molecule has 12 rings (SSSR count). The molecule has 0 bridgehead atoms. The molecule has 2 aromatic heterocycles. The molecular weight excluding hydrogens is 711 g/mol. The molecule has 0 N–H and O–H groups in total. The third-order valence-corrected chi connectivity index (χ3v) is 12.5. The third kappa shape index (κ3) is 5.15. The fourth-order valence-electron chi connectivity index (χ4n) is 8.74. The van der Waals surface area contributed by atoms with E-state index in [4.69, 9.17) is 15.0 Å². The highest BCUT2D eigenvalue weighted by molar-refractivity contribution is 7.26. The molecule has 0 saturated carbocycles. The van der Waals surface area contributed by atoms with Crippen LogP contribution in [-0.2, 0) is 0 Å². The number of aromatic nitrogens is 3. The van der Waals surface area contributed by atoms with Crippen molar-refractivity contribution in [2.24, 2.45) is 0 Å². The molecule has 0 fully saturated rings. The summed E-state index contributed by atoms with van der Waals surface area (Å²) in [6, 6.07) is 67.4. The molecular formula is C53H31N3S. The Kier molecular flexibility index (Phi) is 7.10. The van der Waals surface area contributed by atoms with Crippen molar-refractivity contribution >= 4 is 85.4 Å². The summed E-state index contributed by atoms with van der Waals surface area (Å²) in [5.74, 6) is 1.96. The Labute approximate surface area is 332 Å². The van der Waals surface area contributed by atoms with Crippen LogP contribution in [-0.4, -0.2) is 15.0 Å². The maximum Gasteiger partial charge on any atom is 0.165 e. The van der Waals surface area contributed by atoms with Crippen molar-refractivity contribution in [2.75, 3.05) is 0 Å². The van der Waals surface area contributed by atoms with Gasteiger partial charge in [-0.2, -0.15) is 0 Å². The molecule has 57 heavy (non-hydrogen) atoms. The van der Waals surface area contributed by atoms with Gasteiger partial charge >= 0.3 is 0 Å². The molecule has 3 nitrogen and oxygen atoms in total. The molecule has 2 heterocycles. The van der Waals surface area contributed by atoms with Gasteiger partial charge < -0.3 is 0 Å². The van der Waals surface area contributed by atoms with E-state index in [9.17, 15) is 0 Å². The smallest absolute Gasteiger partial charge is 0.165 e. The first-order valence-electron chi connectivity index (χ1n) is 19.3. The standard InChI is InChI=1S/C53H31N3S/c1-2-13-34(14-3-1)51-54-52(35-25-22-33(23-26-35)39-27-24-32-12-4-5-15-36(32)28-39)56-53(55-51)50-48-43-21-11-10-19-41(43)40-18-8-9-20-42(40)44(48)31-47-49(50)45-29-37-16-6-7-17-38(37)30-46(45)57-47/h1-31H. The molecule has 0 saturated heterocycles. The van der Waals surface area contributed by atoms with Gasteiger partial charge in [-0.25, -0.2) is 15.0 Å². The molecule has 12 aromatic rings. The van der Waals surface area contributed by atoms with E-state index < -0.39 is 0 Å². The first-order chi connectivity index (χ1) is 28.2. The van der Waals surface area contributed by atoms with Gasteiger partial charge in [-0.05, 0) is 83.9 Å². The molecule has 0 spiro atoms. The van der Waals surface area contributed by atoms with Gasteiger partial charge in [-0.1, -0.05) is 164 Å². The van der Waals surface area contributed by atoms with E-state index in [-0.39, 0.29) is 0 Å². The number of hydrogen-bond acceptors (Lipinski definition) is 4. The lowest BCUT2D eigenvalue weighted by molar-refractivity contribution is 1.08. The Balaban J connectivity index is 1.18. The van der Waals surface area contributed by atoms with Gasteiger partial charge in [-0.3, -0.25) is 0 Å². The van der Waals surface area contributed by atoms with Crippen LogP contribution in [0.15, 0.2) is 188 Å². The molecule has 0 atom stereocenters. The summed E-state index contributed by atoms with van der Waals surface area (Å²) in [5.41, 5.74) is 5.25. The maximum atomic E-state index is 5.46. The van der Waals surface area contributed by atoms with Crippen molar-refractivity contribution in [1.82, 2.24) is 15.0 Å². The molecule has 0 radical (unpaired) electrons. The van der Waals surface area contributed by atoms with Crippen LogP contribution in [0.5, 0.6) is 0 Å². The maximum absolute atomic E-state index is 5.46. The summed E-state index contributed by atoms with van der Waals surface area (Å²) in [4.78, 5) is 16.1. The van der Waals surface area contributed by atoms with E-state index in [1.54, 1.807) is 0 Å². The van der Waals surface area contributed by atoms with Gasteiger partial charge in [0, 0.05) is 42.2 Å². The predicted octanol–water partition coefficient (Wildman–Crippen LogP) is 14.7. The highest BCUT2D eigenvalue weighted by Gasteiger charge is 2.23. The summed E-state index contributed by atoms with van der Waals surface area (Å²) in [6.07, 6.45) is 0. The van der Waals surface area contributed by atoms with E-state index >= 15 is 0 Å². The molecule has 0 aliphatic heterocycles. The van der Waals surface area contributed by atoms with E-state index in [0.29, 0.717) is 17.5 Å². The summed E-state index contributed by atoms with van der Waals surface area (Å²) in [7, 11) is 0. The molecule has 4 heteroatoms. The predicted molar refractivity (Wildman–Crippen MR) is 242 cm³/mol.